The summed E-state index contributed by atoms with van der Waals surface area (Å²) < 4.78 is 4.71. The van der Waals surface area contributed by atoms with Gasteiger partial charge >= 0.3 is 5.97 Å². The number of carbonyl (C=O) groups is 1. The average Bonchev–Trinajstić information content (AvgIpc) is 3.23. The zero-order chi connectivity index (χ0) is 13.7. The first-order valence-electron chi connectivity index (χ1n) is 7.12. The molecule has 1 aromatic rings. The van der Waals surface area contributed by atoms with Gasteiger partial charge < -0.3 is 4.74 Å². The second kappa shape index (κ2) is 6.71. The Morgan fingerprint density at radius 1 is 1.32 bits per heavy atom. The van der Waals surface area contributed by atoms with Gasteiger partial charge in [-0.2, -0.15) is 0 Å². The van der Waals surface area contributed by atoms with Crippen molar-refractivity contribution in [3.05, 3.63) is 35.4 Å². The van der Waals surface area contributed by atoms with E-state index in [4.69, 9.17) is 4.74 Å². The van der Waals surface area contributed by atoms with E-state index in [-0.39, 0.29) is 5.97 Å². The van der Waals surface area contributed by atoms with Crippen LogP contribution in [0.5, 0.6) is 0 Å². The zero-order valence-corrected chi connectivity index (χ0v) is 11.9. The number of esters is 1. The minimum Gasteiger partial charge on any atom is -0.465 e. The number of hydrogen-bond donors (Lipinski definition) is 0. The molecular formula is C16H23NO2. The number of nitrogens with zero attached hydrogens (tertiary/aromatic N) is 1. The molecule has 104 valence electrons. The van der Waals surface area contributed by atoms with Gasteiger partial charge in [-0.15, -0.1) is 0 Å². The van der Waals surface area contributed by atoms with Gasteiger partial charge in [-0.3, -0.25) is 4.90 Å². The van der Waals surface area contributed by atoms with Crippen LogP contribution in [0.1, 0.15) is 42.1 Å². The predicted molar refractivity (Wildman–Crippen MR) is 76.1 cm³/mol. The molecule has 3 heteroatoms. The van der Waals surface area contributed by atoms with E-state index in [9.17, 15) is 4.79 Å². The smallest absolute Gasteiger partial charge is 0.337 e. The summed E-state index contributed by atoms with van der Waals surface area (Å²) >= 11 is 0. The Balaban J connectivity index is 1.93. The number of hydrogen-bond acceptors (Lipinski definition) is 3. The van der Waals surface area contributed by atoms with Gasteiger partial charge in [-0.1, -0.05) is 19.1 Å². The minimum atomic E-state index is -0.269. The van der Waals surface area contributed by atoms with Gasteiger partial charge in [-0.05, 0) is 49.4 Å². The Labute approximate surface area is 115 Å². The predicted octanol–water partition coefficient (Wildman–Crippen LogP) is 3.10. The number of methoxy groups -OCH3 is 1. The summed E-state index contributed by atoms with van der Waals surface area (Å²) in [7, 11) is 1.41. The maximum absolute atomic E-state index is 11.4. The molecule has 0 spiro atoms. The molecule has 1 fully saturated rings. The number of rotatable bonds is 7. The van der Waals surface area contributed by atoms with E-state index >= 15 is 0 Å². The monoisotopic (exact) mass is 261 g/mol. The first kappa shape index (κ1) is 14.1. The van der Waals surface area contributed by atoms with E-state index in [2.05, 4.69) is 11.8 Å². The van der Waals surface area contributed by atoms with Crippen molar-refractivity contribution in [2.45, 2.75) is 32.7 Å². The van der Waals surface area contributed by atoms with Gasteiger partial charge in [-0.25, -0.2) is 4.79 Å². The second-order valence-corrected chi connectivity index (χ2v) is 5.37. The van der Waals surface area contributed by atoms with Gasteiger partial charge in [0.2, 0.25) is 0 Å². The average molecular weight is 261 g/mol. The van der Waals surface area contributed by atoms with E-state index in [1.165, 1.54) is 38.5 Å². The normalized spacial score (nSPS) is 14.7. The lowest BCUT2D eigenvalue weighted by Crippen LogP contribution is -2.26. The largest absolute Gasteiger partial charge is 0.465 e. The van der Waals surface area contributed by atoms with Gasteiger partial charge in [0.15, 0.2) is 0 Å². The summed E-state index contributed by atoms with van der Waals surface area (Å²) in [6.45, 7) is 5.56. The highest BCUT2D eigenvalue weighted by molar-refractivity contribution is 5.89. The summed E-state index contributed by atoms with van der Waals surface area (Å²) in [5, 5.41) is 0. The highest BCUT2D eigenvalue weighted by atomic mass is 16.5. The quantitative estimate of drug-likeness (QED) is 0.706. The summed E-state index contributed by atoms with van der Waals surface area (Å²) in [6.07, 6.45) is 3.97. The Hall–Kier alpha value is -1.35. The maximum atomic E-state index is 11.4. The van der Waals surface area contributed by atoms with Crippen LogP contribution in [0.2, 0.25) is 0 Å². The third-order valence-corrected chi connectivity index (χ3v) is 3.53. The van der Waals surface area contributed by atoms with Crippen molar-refractivity contribution in [2.24, 2.45) is 5.92 Å². The van der Waals surface area contributed by atoms with Crippen LogP contribution in [0.25, 0.3) is 0 Å². The van der Waals surface area contributed by atoms with Gasteiger partial charge in [0.25, 0.3) is 0 Å². The third-order valence-electron chi connectivity index (χ3n) is 3.53. The van der Waals surface area contributed by atoms with Gasteiger partial charge in [0.05, 0.1) is 12.7 Å². The molecule has 0 radical (unpaired) electrons. The molecule has 2 rings (SSSR count). The topological polar surface area (TPSA) is 29.5 Å². The molecule has 0 N–H and O–H groups in total. The summed E-state index contributed by atoms with van der Waals surface area (Å²) in [5.74, 6) is 0.649. The van der Waals surface area contributed by atoms with Crippen molar-refractivity contribution >= 4 is 5.97 Å². The van der Waals surface area contributed by atoms with Crippen molar-refractivity contribution in [1.82, 2.24) is 4.90 Å². The van der Waals surface area contributed by atoms with Crippen molar-refractivity contribution in [3.8, 4) is 0 Å². The third kappa shape index (κ3) is 4.35. The standard InChI is InChI=1S/C16H23NO2/c1-3-10-17(11-13-4-5-13)12-14-6-8-15(9-7-14)16(18)19-2/h6-9,13H,3-5,10-12H2,1-2H3. The number of benzene rings is 1. The van der Waals surface area contributed by atoms with Crippen LogP contribution >= 0.6 is 0 Å². The van der Waals surface area contributed by atoms with Crippen LogP contribution in [-0.4, -0.2) is 31.1 Å². The lowest BCUT2D eigenvalue weighted by Gasteiger charge is -2.21. The Kier molecular flexibility index (Phi) is 4.97. The number of carbonyl (C=O) groups excluding carboxylic acids is 1. The minimum absolute atomic E-state index is 0.269. The lowest BCUT2D eigenvalue weighted by atomic mass is 10.1. The SMILES string of the molecule is CCCN(Cc1ccc(C(=O)OC)cc1)CC1CC1. The molecule has 19 heavy (non-hydrogen) atoms. The van der Waals surface area contributed by atoms with Crippen LogP contribution < -0.4 is 0 Å². The van der Waals surface area contributed by atoms with Crippen molar-refractivity contribution in [2.75, 3.05) is 20.2 Å². The first-order chi connectivity index (χ1) is 9.22. The van der Waals surface area contributed by atoms with Crippen LogP contribution in [0.15, 0.2) is 24.3 Å². The molecule has 1 saturated carbocycles. The fraction of sp³-hybridized carbons (Fsp3) is 0.562. The molecule has 0 unspecified atom stereocenters. The highest BCUT2D eigenvalue weighted by Crippen LogP contribution is 2.30. The van der Waals surface area contributed by atoms with Crippen LogP contribution in [0, 0.1) is 5.92 Å². The van der Waals surface area contributed by atoms with E-state index in [0.717, 1.165) is 19.0 Å². The molecule has 1 aromatic carbocycles. The van der Waals surface area contributed by atoms with Crippen LogP contribution in [-0.2, 0) is 11.3 Å². The molecule has 0 saturated heterocycles. The van der Waals surface area contributed by atoms with Crippen LogP contribution in [0.3, 0.4) is 0 Å². The van der Waals surface area contributed by atoms with E-state index in [1.54, 1.807) is 0 Å². The van der Waals surface area contributed by atoms with E-state index in [0.29, 0.717) is 5.56 Å². The van der Waals surface area contributed by atoms with Crippen molar-refractivity contribution in [1.29, 1.82) is 0 Å². The van der Waals surface area contributed by atoms with Crippen molar-refractivity contribution < 1.29 is 9.53 Å². The molecule has 0 bridgehead atoms. The first-order valence-corrected chi connectivity index (χ1v) is 7.12. The zero-order valence-electron chi connectivity index (χ0n) is 11.9. The molecular weight excluding hydrogens is 238 g/mol. The Morgan fingerprint density at radius 3 is 2.53 bits per heavy atom. The summed E-state index contributed by atoms with van der Waals surface area (Å²) in [5.41, 5.74) is 1.89. The Bertz CT molecular complexity index is 409. The molecule has 0 aliphatic heterocycles. The maximum Gasteiger partial charge on any atom is 0.337 e. The van der Waals surface area contributed by atoms with E-state index in [1.807, 2.05) is 24.3 Å². The number of ether oxygens (including phenoxy) is 1. The molecule has 0 aromatic heterocycles. The fourth-order valence-corrected chi connectivity index (χ4v) is 2.34. The molecule has 0 amide bonds. The summed E-state index contributed by atoms with van der Waals surface area (Å²) in [4.78, 5) is 13.9. The fourth-order valence-electron chi connectivity index (χ4n) is 2.34. The Morgan fingerprint density at radius 2 is 2.00 bits per heavy atom. The van der Waals surface area contributed by atoms with Crippen molar-refractivity contribution in [3.63, 3.8) is 0 Å². The molecule has 1 aliphatic rings. The summed E-state index contributed by atoms with van der Waals surface area (Å²) in [6, 6.07) is 7.76. The van der Waals surface area contributed by atoms with Crippen LogP contribution in [0.4, 0.5) is 0 Å². The van der Waals surface area contributed by atoms with E-state index < -0.39 is 0 Å². The molecule has 3 nitrogen and oxygen atoms in total. The lowest BCUT2D eigenvalue weighted by molar-refractivity contribution is 0.0600. The highest BCUT2D eigenvalue weighted by Gasteiger charge is 2.23. The molecule has 1 aliphatic carbocycles. The van der Waals surface area contributed by atoms with Gasteiger partial charge in [0.1, 0.15) is 0 Å². The second-order valence-electron chi connectivity index (χ2n) is 5.37. The molecule has 0 atom stereocenters. The molecule has 0 heterocycles. The van der Waals surface area contributed by atoms with Gasteiger partial charge in [0, 0.05) is 13.1 Å².